The lowest BCUT2D eigenvalue weighted by molar-refractivity contribution is 0.0783. The van der Waals surface area contributed by atoms with E-state index in [0.29, 0.717) is 25.7 Å². The monoisotopic (exact) mass is 376 g/mol. The fraction of sp³-hybridized carbons (Fsp3) is 1.00. The predicted molar refractivity (Wildman–Crippen MR) is 93.4 cm³/mol. The van der Waals surface area contributed by atoms with Crippen LogP contribution in [0.4, 0.5) is 0 Å². The first kappa shape index (κ1) is 24.7. The minimum absolute atomic E-state index is 0.616. The topological polar surface area (TPSA) is 55.4 Å². The molecule has 136 valence electrons. The zero-order valence-electron chi connectivity index (χ0n) is 15.1. The number of rotatable bonds is 12. The lowest BCUT2D eigenvalue weighted by Gasteiger charge is -2.23. The molecule has 0 bridgehead atoms. The van der Waals surface area contributed by atoms with Crippen LogP contribution in [0.1, 0.15) is 27.2 Å². The van der Waals surface area contributed by atoms with Gasteiger partial charge in [-0.05, 0) is 27.2 Å². The fourth-order valence-electron chi connectivity index (χ4n) is 1.75. The molecule has 0 N–H and O–H groups in total. The summed E-state index contributed by atoms with van der Waals surface area (Å²) in [5.74, 6) is 0.616. The molecule has 0 atom stereocenters. The van der Waals surface area contributed by atoms with Crippen molar-refractivity contribution in [2.24, 2.45) is 0 Å². The Bertz CT molecular complexity index is 219. The summed E-state index contributed by atoms with van der Waals surface area (Å²) in [6, 6.07) is 0.778. The number of alkyl halides is 1. The second-order valence-electron chi connectivity index (χ2n) is 4.25. The van der Waals surface area contributed by atoms with Gasteiger partial charge in [0, 0.05) is 59.6 Å². The first-order chi connectivity index (χ1) is 10.4. The highest BCUT2D eigenvalue weighted by Gasteiger charge is 2.36. The van der Waals surface area contributed by atoms with Crippen molar-refractivity contribution >= 4 is 29.2 Å². The summed E-state index contributed by atoms with van der Waals surface area (Å²) in [4.78, 5) is 0. The Morgan fingerprint density at radius 2 is 1.14 bits per heavy atom. The normalized spacial score (nSPS) is 12.0. The zero-order valence-corrected chi connectivity index (χ0v) is 17.8. The predicted octanol–water partition coefficient (Wildman–Crippen LogP) is 3.16. The molecule has 0 spiro atoms. The van der Waals surface area contributed by atoms with Crippen molar-refractivity contribution in [1.82, 2.24) is 0 Å². The van der Waals surface area contributed by atoms with E-state index in [-0.39, 0.29) is 0 Å². The first-order valence-electron chi connectivity index (χ1n) is 7.56. The van der Waals surface area contributed by atoms with Crippen molar-refractivity contribution in [3.8, 4) is 0 Å². The summed E-state index contributed by atoms with van der Waals surface area (Å²) in [6.45, 7) is 9.73. The average molecular weight is 377 g/mol. The molecule has 6 nitrogen and oxygen atoms in total. The van der Waals surface area contributed by atoms with Gasteiger partial charge in [-0.2, -0.15) is 0 Å². The maximum absolute atomic E-state index is 5.53. The van der Waals surface area contributed by atoms with Gasteiger partial charge in [0.05, 0.1) is 0 Å². The van der Waals surface area contributed by atoms with Crippen LogP contribution in [0.2, 0.25) is 12.6 Å². The van der Waals surface area contributed by atoms with E-state index in [1.807, 2.05) is 27.3 Å². The molecule has 0 unspecified atom stereocenters. The molecule has 0 aromatic heterocycles. The van der Waals surface area contributed by atoms with Crippen LogP contribution in [0.5, 0.6) is 0 Å². The van der Waals surface area contributed by atoms with Gasteiger partial charge in [-0.3, -0.25) is 0 Å². The number of hydrogen-bond acceptors (Lipinski definition) is 6. The number of halogens is 1. The molecule has 0 amide bonds. The Balaban J connectivity index is 0. The molecule has 0 aliphatic carbocycles. The summed E-state index contributed by atoms with van der Waals surface area (Å²) in [5.41, 5.74) is 0. The maximum Gasteiger partial charge on any atom is 0.500 e. The summed E-state index contributed by atoms with van der Waals surface area (Å²) >= 11 is 5.53. The highest BCUT2D eigenvalue weighted by molar-refractivity contribution is 6.60. The van der Waals surface area contributed by atoms with Gasteiger partial charge in [0.1, 0.15) is 0 Å². The Morgan fingerprint density at radius 3 is 1.36 bits per heavy atom. The van der Waals surface area contributed by atoms with E-state index in [1.54, 1.807) is 21.3 Å². The van der Waals surface area contributed by atoms with Crippen molar-refractivity contribution in [3.05, 3.63) is 0 Å². The van der Waals surface area contributed by atoms with Gasteiger partial charge in [-0.15, -0.1) is 11.6 Å². The Hall–Kier alpha value is 0.484. The molecule has 0 saturated heterocycles. The Kier molecular flexibility index (Phi) is 16.9. The van der Waals surface area contributed by atoms with Crippen molar-refractivity contribution in [2.45, 2.75) is 39.8 Å². The van der Waals surface area contributed by atoms with Gasteiger partial charge in [-0.1, -0.05) is 0 Å². The second-order valence-corrected chi connectivity index (χ2v) is 10.3. The van der Waals surface area contributed by atoms with Crippen molar-refractivity contribution in [2.75, 3.05) is 47.0 Å². The molecule has 0 radical (unpaired) electrons. The second kappa shape index (κ2) is 15.0. The van der Waals surface area contributed by atoms with Gasteiger partial charge in [-0.25, -0.2) is 0 Å². The van der Waals surface area contributed by atoms with Crippen LogP contribution in [0.15, 0.2) is 0 Å². The first-order valence-corrected chi connectivity index (χ1v) is 12.2. The van der Waals surface area contributed by atoms with Crippen LogP contribution < -0.4 is 0 Å². The van der Waals surface area contributed by atoms with E-state index < -0.39 is 17.6 Å². The number of hydrogen-bond donors (Lipinski definition) is 0. The average Bonchev–Trinajstić information content (AvgIpc) is 2.50. The Morgan fingerprint density at radius 1 is 0.773 bits per heavy atom. The van der Waals surface area contributed by atoms with Crippen LogP contribution in [0.3, 0.4) is 0 Å². The highest BCUT2D eigenvalue weighted by atomic mass is 35.5. The molecule has 0 aromatic carbocycles. The minimum Gasteiger partial charge on any atom is -0.377 e. The van der Waals surface area contributed by atoms with E-state index in [1.165, 1.54) is 0 Å². The molecule has 9 heteroatoms. The molecular weight excluding hydrogens is 344 g/mol. The van der Waals surface area contributed by atoms with Gasteiger partial charge in [0.25, 0.3) is 0 Å². The molecule has 0 rings (SSSR count). The summed E-state index contributed by atoms with van der Waals surface area (Å²) in [7, 11) is 0.242. The van der Waals surface area contributed by atoms with E-state index >= 15 is 0 Å². The van der Waals surface area contributed by atoms with Crippen LogP contribution in [0.25, 0.3) is 0 Å². The third-order valence-corrected chi connectivity index (χ3v) is 8.31. The highest BCUT2D eigenvalue weighted by Crippen LogP contribution is 2.14. The quantitative estimate of drug-likeness (QED) is 0.385. The van der Waals surface area contributed by atoms with E-state index in [4.69, 9.17) is 38.2 Å². The van der Waals surface area contributed by atoms with E-state index in [9.17, 15) is 0 Å². The van der Waals surface area contributed by atoms with Crippen molar-refractivity contribution in [1.29, 1.82) is 0 Å². The largest absolute Gasteiger partial charge is 0.500 e. The molecule has 0 heterocycles. The SMILES string of the molecule is CCO[Si](C)(OCC)OCC.CO[Si](CCCCl)(OC)OC. The molecule has 0 aromatic rings. The van der Waals surface area contributed by atoms with Gasteiger partial charge in [0.15, 0.2) is 0 Å². The molecular formula is C13H33ClO6Si2. The van der Waals surface area contributed by atoms with Gasteiger partial charge in [0.2, 0.25) is 0 Å². The van der Waals surface area contributed by atoms with Crippen molar-refractivity contribution < 1.29 is 26.6 Å². The summed E-state index contributed by atoms with van der Waals surface area (Å²) in [6.07, 6.45) is 0.864. The smallest absolute Gasteiger partial charge is 0.377 e. The lowest BCUT2D eigenvalue weighted by Crippen LogP contribution is -2.42. The molecule has 0 fully saturated rings. The van der Waals surface area contributed by atoms with Crippen LogP contribution >= 0.6 is 11.6 Å². The zero-order chi connectivity index (χ0) is 17.5. The molecule has 0 aliphatic rings. The van der Waals surface area contributed by atoms with Gasteiger partial charge < -0.3 is 26.6 Å². The van der Waals surface area contributed by atoms with E-state index in [0.717, 1.165) is 12.5 Å². The lowest BCUT2D eigenvalue weighted by atomic mass is 10.6. The summed E-state index contributed by atoms with van der Waals surface area (Å²) < 4.78 is 31.7. The van der Waals surface area contributed by atoms with Gasteiger partial charge >= 0.3 is 17.6 Å². The van der Waals surface area contributed by atoms with Crippen LogP contribution in [-0.2, 0) is 26.6 Å². The molecule has 0 saturated carbocycles. The fourth-order valence-corrected chi connectivity index (χ4v) is 5.65. The Labute approximate surface area is 143 Å². The standard InChI is InChI=1S/C7H18O3Si.C6H15ClO3Si/c1-5-8-11(4,9-6-2)10-7-3;1-8-11(9-2,10-3)6-4-5-7/h5-7H2,1-4H3;4-6H2,1-3H3. The molecule has 22 heavy (non-hydrogen) atoms. The summed E-state index contributed by atoms with van der Waals surface area (Å²) in [5, 5.41) is 0. The maximum atomic E-state index is 5.53. The van der Waals surface area contributed by atoms with Crippen molar-refractivity contribution in [3.63, 3.8) is 0 Å². The third kappa shape index (κ3) is 11.1. The van der Waals surface area contributed by atoms with Crippen LogP contribution in [0, 0.1) is 0 Å². The van der Waals surface area contributed by atoms with E-state index in [2.05, 4.69) is 0 Å². The van der Waals surface area contributed by atoms with Crippen LogP contribution in [-0.4, -0.2) is 64.6 Å². The minimum atomic E-state index is -2.32. The third-order valence-electron chi connectivity index (χ3n) is 2.77. The molecule has 0 aliphatic heterocycles.